The molecule has 0 bridgehead atoms. The molecule has 1 aromatic rings. The number of hydrogen-bond acceptors (Lipinski definition) is 5. The van der Waals surface area contributed by atoms with E-state index in [9.17, 15) is 14.9 Å². The minimum absolute atomic E-state index is 0.115. The average Bonchev–Trinajstić information content (AvgIpc) is 2.43. The van der Waals surface area contributed by atoms with Gasteiger partial charge in [-0.15, -0.1) is 0 Å². The summed E-state index contributed by atoms with van der Waals surface area (Å²) in [7, 11) is 3.06. The number of nitrogens with zero attached hydrogens (tertiary/aromatic N) is 1. The third kappa shape index (κ3) is 4.69. The van der Waals surface area contributed by atoms with E-state index in [4.69, 9.17) is 9.47 Å². The highest BCUT2D eigenvalue weighted by Gasteiger charge is 2.16. The largest absolute Gasteiger partial charge is 0.382 e. The van der Waals surface area contributed by atoms with E-state index in [1.807, 2.05) is 22.6 Å². The van der Waals surface area contributed by atoms with Gasteiger partial charge in [-0.1, -0.05) is 0 Å². The van der Waals surface area contributed by atoms with E-state index < -0.39 is 4.92 Å². The van der Waals surface area contributed by atoms with Crippen LogP contribution >= 0.6 is 22.6 Å². The highest BCUT2D eigenvalue weighted by Crippen LogP contribution is 2.19. The van der Waals surface area contributed by atoms with Crippen molar-refractivity contribution in [3.63, 3.8) is 0 Å². The van der Waals surface area contributed by atoms with Gasteiger partial charge in [0.2, 0.25) is 0 Å². The minimum atomic E-state index is -0.532. The first-order valence-electron chi connectivity index (χ1n) is 5.73. The molecule has 0 aliphatic rings. The maximum atomic E-state index is 12.0. The fraction of sp³-hybridized carbons (Fsp3) is 0.417. The molecule has 0 aliphatic heterocycles. The lowest BCUT2D eigenvalue weighted by Crippen LogP contribution is -2.35. The molecule has 1 rings (SSSR count). The highest BCUT2D eigenvalue weighted by molar-refractivity contribution is 14.1. The monoisotopic (exact) mass is 394 g/mol. The number of nitro benzene ring substituents is 1. The molecule has 7 nitrogen and oxygen atoms in total. The summed E-state index contributed by atoms with van der Waals surface area (Å²) in [5.41, 5.74) is 0.155. The lowest BCUT2D eigenvalue weighted by atomic mass is 10.2. The summed E-state index contributed by atoms with van der Waals surface area (Å²) >= 11 is 1.96. The number of nitrogens with one attached hydrogen (secondary N) is 1. The number of methoxy groups -OCH3 is 2. The zero-order valence-electron chi connectivity index (χ0n) is 11.1. The fourth-order valence-electron chi connectivity index (χ4n) is 1.50. The van der Waals surface area contributed by atoms with Gasteiger partial charge in [0.25, 0.3) is 11.6 Å². The second-order valence-corrected chi connectivity index (χ2v) is 5.11. The maximum Gasteiger partial charge on any atom is 0.270 e. The van der Waals surface area contributed by atoms with Crippen molar-refractivity contribution in [3.05, 3.63) is 37.4 Å². The standard InChI is InChI=1S/C12H15IN2O5/c1-19-7-9(20-2)6-14-12(16)10-5-8(15(17)18)3-4-11(10)13/h3-5,9H,6-7H2,1-2H3,(H,14,16). The summed E-state index contributed by atoms with van der Waals surface area (Å²) < 4.78 is 10.7. The number of ether oxygens (including phenoxy) is 2. The number of rotatable bonds is 7. The smallest absolute Gasteiger partial charge is 0.270 e. The van der Waals surface area contributed by atoms with E-state index in [-0.39, 0.29) is 29.8 Å². The zero-order chi connectivity index (χ0) is 15.1. The first-order valence-corrected chi connectivity index (χ1v) is 6.81. The second-order valence-electron chi connectivity index (χ2n) is 3.94. The molecule has 0 fully saturated rings. The van der Waals surface area contributed by atoms with Gasteiger partial charge < -0.3 is 14.8 Å². The lowest BCUT2D eigenvalue weighted by molar-refractivity contribution is -0.384. The summed E-state index contributed by atoms with van der Waals surface area (Å²) in [5, 5.41) is 13.4. The van der Waals surface area contributed by atoms with E-state index in [1.165, 1.54) is 32.4 Å². The van der Waals surface area contributed by atoms with Gasteiger partial charge in [-0.3, -0.25) is 14.9 Å². The number of carbonyl (C=O) groups is 1. The van der Waals surface area contributed by atoms with Crippen LogP contribution in [-0.4, -0.2) is 44.3 Å². The second kappa shape index (κ2) is 8.12. The van der Waals surface area contributed by atoms with E-state index in [1.54, 1.807) is 0 Å². The van der Waals surface area contributed by atoms with Crippen molar-refractivity contribution in [1.29, 1.82) is 0 Å². The van der Waals surface area contributed by atoms with Crippen LogP contribution in [0.25, 0.3) is 0 Å². The van der Waals surface area contributed by atoms with Crippen molar-refractivity contribution in [2.45, 2.75) is 6.10 Å². The molecule has 0 aromatic heterocycles. The third-order valence-electron chi connectivity index (χ3n) is 2.58. The molecule has 1 aromatic carbocycles. The van der Waals surface area contributed by atoms with Crippen LogP contribution in [0.5, 0.6) is 0 Å². The van der Waals surface area contributed by atoms with Crippen LogP contribution in [0.1, 0.15) is 10.4 Å². The minimum Gasteiger partial charge on any atom is -0.382 e. The van der Waals surface area contributed by atoms with Gasteiger partial charge in [0.15, 0.2) is 0 Å². The summed E-state index contributed by atoms with van der Waals surface area (Å²) in [6, 6.07) is 4.16. The van der Waals surface area contributed by atoms with Gasteiger partial charge >= 0.3 is 0 Å². The molecule has 110 valence electrons. The molecule has 0 heterocycles. The van der Waals surface area contributed by atoms with Crippen LogP contribution < -0.4 is 5.32 Å². The van der Waals surface area contributed by atoms with Gasteiger partial charge in [0.05, 0.1) is 23.2 Å². The molecule has 20 heavy (non-hydrogen) atoms. The molecule has 0 saturated carbocycles. The van der Waals surface area contributed by atoms with Crippen LogP contribution in [-0.2, 0) is 9.47 Å². The van der Waals surface area contributed by atoms with Gasteiger partial charge in [-0.25, -0.2) is 0 Å². The Morgan fingerprint density at radius 2 is 2.20 bits per heavy atom. The fourth-order valence-corrected chi connectivity index (χ4v) is 2.08. The maximum absolute atomic E-state index is 12.0. The number of carbonyl (C=O) groups excluding carboxylic acids is 1. The Morgan fingerprint density at radius 3 is 2.75 bits per heavy atom. The molecule has 0 radical (unpaired) electrons. The van der Waals surface area contributed by atoms with Crippen molar-refractivity contribution in [1.82, 2.24) is 5.32 Å². The van der Waals surface area contributed by atoms with E-state index in [0.717, 1.165) is 0 Å². The SMILES string of the molecule is COCC(CNC(=O)c1cc([N+](=O)[O-])ccc1I)OC. The highest BCUT2D eigenvalue weighted by atomic mass is 127. The summed E-state index contributed by atoms with van der Waals surface area (Å²) in [4.78, 5) is 22.2. The number of benzene rings is 1. The number of hydrogen-bond donors (Lipinski definition) is 1. The first-order chi connectivity index (χ1) is 9.49. The van der Waals surface area contributed by atoms with Gasteiger partial charge in [-0.2, -0.15) is 0 Å². The molecular formula is C12H15IN2O5. The molecule has 1 N–H and O–H groups in total. The van der Waals surface area contributed by atoms with Gasteiger partial charge in [0, 0.05) is 36.5 Å². The van der Waals surface area contributed by atoms with Crippen molar-refractivity contribution in [2.24, 2.45) is 0 Å². The Bertz CT molecular complexity index is 495. The Hall–Kier alpha value is -1.26. The van der Waals surface area contributed by atoms with Crippen LogP contribution in [0, 0.1) is 13.7 Å². The van der Waals surface area contributed by atoms with E-state index in [2.05, 4.69) is 5.32 Å². The Labute approximate surface area is 129 Å². The summed E-state index contributed by atoms with van der Waals surface area (Å²) in [5.74, 6) is -0.378. The van der Waals surface area contributed by atoms with Crippen molar-refractivity contribution >= 4 is 34.2 Å². The molecular weight excluding hydrogens is 379 g/mol. The first kappa shape index (κ1) is 16.8. The number of halogens is 1. The van der Waals surface area contributed by atoms with Crippen LogP contribution in [0.3, 0.4) is 0 Å². The van der Waals surface area contributed by atoms with E-state index >= 15 is 0 Å². The van der Waals surface area contributed by atoms with Crippen LogP contribution in [0.2, 0.25) is 0 Å². The number of nitro groups is 1. The molecule has 8 heteroatoms. The zero-order valence-corrected chi connectivity index (χ0v) is 13.2. The number of amides is 1. The summed E-state index contributed by atoms with van der Waals surface area (Å²) in [6.07, 6.45) is -0.264. The van der Waals surface area contributed by atoms with Crippen molar-refractivity contribution in [2.75, 3.05) is 27.4 Å². The lowest BCUT2D eigenvalue weighted by Gasteiger charge is -2.15. The van der Waals surface area contributed by atoms with Crippen molar-refractivity contribution < 1.29 is 19.2 Å². The normalized spacial score (nSPS) is 11.9. The quantitative estimate of drug-likeness (QED) is 0.431. The van der Waals surface area contributed by atoms with E-state index in [0.29, 0.717) is 10.2 Å². The molecule has 1 unspecified atom stereocenters. The Balaban J connectivity index is 2.76. The predicted octanol–water partition coefficient (Wildman–Crippen LogP) is 1.59. The Morgan fingerprint density at radius 1 is 1.50 bits per heavy atom. The molecule has 0 saturated heterocycles. The van der Waals surface area contributed by atoms with Gasteiger partial charge in [-0.05, 0) is 28.7 Å². The third-order valence-corrected chi connectivity index (χ3v) is 3.52. The molecule has 0 aliphatic carbocycles. The average molecular weight is 394 g/mol. The number of non-ortho nitro benzene ring substituents is 1. The topological polar surface area (TPSA) is 90.7 Å². The van der Waals surface area contributed by atoms with Crippen LogP contribution in [0.15, 0.2) is 18.2 Å². The molecule has 1 amide bonds. The van der Waals surface area contributed by atoms with Crippen LogP contribution in [0.4, 0.5) is 5.69 Å². The van der Waals surface area contributed by atoms with Crippen molar-refractivity contribution in [3.8, 4) is 0 Å². The predicted molar refractivity (Wildman–Crippen MR) is 80.8 cm³/mol. The molecule has 1 atom stereocenters. The Kier molecular flexibility index (Phi) is 6.82. The summed E-state index contributed by atoms with van der Waals surface area (Å²) in [6.45, 7) is 0.616. The molecule has 0 spiro atoms. The van der Waals surface area contributed by atoms with Gasteiger partial charge in [0.1, 0.15) is 0 Å².